The zero-order valence-corrected chi connectivity index (χ0v) is 17.6. The number of carbonyl (C=O) groups is 1. The molecule has 0 unspecified atom stereocenters. The van der Waals surface area contributed by atoms with Crippen molar-refractivity contribution >= 4 is 26.8 Å². The van der Waals surface area contributed by atoms with Crippen molar-refractivity contribution in [3.8, 4) is 0 Å². The molecule has 0 saturated carbocycles. The quantitative estimate of drug-likeness (QED) is 0.703. The Labute approximate surface area is 176 Å². The van der Waals surface area contributed by atoms with Crippen LogP contribution in [0.5, 0.6) is 0 Å². The Kier molecular flexibility index (Phi) is 4.87. The molecule has 156 valence electrons. The first-order chi connectivity index (χ1) is 14.5. The van der Waals surface area contributed by atoms with Crippen molar-refractivity contribution in [1.29, 1.82) is 0 Å². The number of carbonyl (C=O) groups excluding carboxylic acids is 1. The normalized spacial score (nSPS) is 17.8. The van der Waals surface area contributed by atoms with Crippen molar-refractivity contribution in [2.75, 3.05) is 26.2 Å². The minimum absolute atomic E-state index is 0.0283. The lowest BCUT2D eigenvalue weighted by molar-refractivity contribution is 0.0698. The van der Waals surface area contributed by atoms with Crippen molar-refractivity contribution in [2.45, 2.75) is 30.6 Å². The number of rotatable bonds is 3. The van der Waals surface area contributed by atoms with Crippen molar-refractivity contribution in [3.63, 3.8) is 0 Å². The summed E-state index contributed by atoms with van der Waals surface area (Å²) in [5, 5.41) is 1.15. The third-order valence-electron chi connectivity index (χ3n) is 6.25. The van der Waals surface area contributed by atoms with Gasteiger partial charge in [-0.05, 0) is 61.6 Å². The maximum Gasteiger partial charge on any atom is 0.253 e. The molecule has 30 heavy (non-hydrogen) atoms. The van der Waals surface area contributed by atoms with Crippen LogP contribution < -0.4 is 0 Å². The fourth-order valence-corrected chi connectivity index (χ4v) is 6.04. The molecule has 2 aromatic carbocycles. The van der Waals surface area contributed by atoms with Crippen LogP contribution in [-0.4, -0.2) is 54.7 Å². The van der Waals surface area contributed by atoms with Crippen LogP contribution in [0.2, 0.25) is 0 Å². The standard InChI is InChI=1S/C23H25N3O3S/c27-23(17-10-11-22-20(16-17)19-8-4-5-9-21(19)24-22)25-12-14-26(15-13-25)30(28,29)18-6-2-1-3-7-18/h1-3,6-7,10-11,16,24H,4-5,8-9,12-15H2. The Morgan fingerprint density at radius 3 is 2.40 bits per heavy atom. The first-order valence-corrected chi connectivity index (χ1v) is 12.0. The largest absolute Gasteiger partial charge is 0.358 e. The average Bonchev–Trinajstić information content (AvgIpc) is 3.17. The molecule has 1 aliphatic carbocycles. The highest BCUT2D eigenvalue weighted by molar-refractivity contribution is 7.89. The Balaban J connectivity index is 1.32. The highest BCUT2D eigenvalue weighted by Gasteiger charge is 2.30. The Bertz CT molecular complexity index is 1190. The molecule has 1 fully saturated rings. The van der Waals surface area contributed by atoms with Crippen LogP contribution in [0.4, 0.5) is 0 Å². The van der Waals surface area contributed by atoms with Gasteiger partial charge in [0.05, 0.1) is 4.90 Å². The van der Waals surface area contributed by atoms with Gasteiger partial charge in [0.1, 0.15) is 0 Å². The molecule has 0 bridgehead atoms. The smallest absolute Gasteiger partial charge is 0.253 e. The molecule has 3 aromatic rings. The summed E-state index contributed by atoms with van der Waals surface area (Å²) < 4.78 is 27.1. The summed E-state index contributed by atoms with van der Waals surface area (Å²) in [6.07, 6.45) is 4.53. The summed E-state index contributed by atoms with van der Waals surface area (Å²) in [7, 11) is -3.52. The highest BCUT2D eigenvalue weighted by atomic mass is 32.2. The van der Waals surface area contributed by atoms with E-state index in [9.17, 15) is 13.2 Å². The van der Waals surface area contributed by atoms with E-state index in [4.69, 9.17) is 0 Å². The number of sulfonamides is 1. The Hall–Kier alpha value is -2.64. The summed E-state index contributed by atoms with van der Waals surface area (Å²) >= 11 is 0. The Morgan fingerprint density at radius 2 is 1.63 bits per heavy atom. The van der Waals surface area contributed by atoms with Crippen LogP contribution in [0.1, 0.15) is 34.5 Å². The predicted molar refractivity (Wildman–Crippen MR) is 116 cm³/mol. The number of nitrogens with one attached hydrogen (secondary N) is 1. The molecule has 0 atom stereocenters. The maximum atomic E-state index is 13.1. The first-order valence-electron chi connectivity index (χ1n) is 10.5. The molecule has 1 saturated heterocycles. The molecule has 7 heteroatoms. The molecule has 2 heterocycles. The van der Waals surface area contributed by atoms with Crippen molar-refractivity contribution in [3.05, 3.63) is 65.4 Å². The second-order valence-electron chi connectivity index (χ2n) is 8.06. The lowest BCUT2D eigenvalue weighted by Crippen LogP contribution is -2.50. The number of amides is 1. The van der Waals surface area contributed by atoms with E-state index in [0.717, 1.165) is 23.7 Å². The van der Waals surface area contributed by atoms with Crippen molar-refractivity contribution in [2.24, 2.45) is 0 Å². The van der Waals surface area contributed by atoms with E-state index in [1.54, 1.807) is 35.2 Å². The molecule has 1 aliphatic heterocycles. The van der Waals surface area contributed by atoms with E-state index in [0.29, 0.717) is 36.6 Å². The highest BCUT2D eigenvalue weighted by Crippen LogP contribution is 2.30. The fourth-order valence-electron chi connectivity index (χ4n) is 4.59. The third kappa shape index (κ3) is 3.32. The summed E-state index contributed by atoms with van der Waals surface area (Å²) in [4.78, 5) is 18.7. The predicted octanol–water partition coefficient (Wildman–Crippen LogP) is 3.19. The number of piperazine rings is 1. The molecule has 5 rings (SSSR count). The van der Waals surface area contributed by atoms with E-state index < -0.39 is 10.0 Å². The van der Waals surface area contributed by atoms with Gasteiger partial charge in [-0.1, -0.05) is 18.2 Å². The number of hydrogen-bond acceptors (Lipinski definition) is 3. The van der Waals surface area contributed by atoms with Crippen LogP contribution in [0, 0.1) is 0 Å². The number of aromatic amines is 1. The lowest BCUT2D eigenvalue weighted by Gasteiger charge is -2.34. The van der Waals surface area contributed by atoms with Gasteiger partial charge < -0.3 is 9.88 Å². The second kappa shape index (κ2) is 7.56. The number of aromatic nitrogens is 1. The number of H-pyrrole nitrogens is 1. The molecule has 0 radical (unpaired) electrons. The lowest BCUT2D eigenvalue weighted by atomic mass is 9.95. The summed E-state index contributed by atoms with van der Waals surface area (Å²) in [6.45, 7) is 1.41. The fraction of sp³-hybridized carbons (Fsp3) is 0.348. The number of hydrogen-bond donors (Lipinski definition) is 1. The SMILES string of the molecule is O=C(c1ccc2[nH]c3c(c2c1)CCCC3)N1CCN(S(=O)(=O)c2ccccc2)CC1. The summed E-state index contributed by atoms with van der Waals surface area (Å²) in [5.41, 5.74) is 4.43. The van der Waals surface area contributed by atoms with Crippen LogP contribution in [-0.2, 0) is 22.9 Å². The van der Waals surface area contributed by atoms with Gasteiger partial charge in [-0.3, -0.25) is 4.79 Å². The average molecular weight is 424 g/mol. The number of benzene rings is 2. The summed E-state index contributed by atoms with van der Waals surface area (Å²) in [6, 6.07) is 14.3. The van der Waals surface area contributed by atoms with Gasteiger partial charge in [0.2, 0.25) is 10.0 Å². The molecule has 0 spiro atoms. The van der Waals surface area contributed by atoms with E-state index in [1.807, 2.05) is 18.2 Å². The molecule has 1 amide bonds. The van der Waals surface area contributed by atoms with Gasteiger partial charge in [0.25, 0.3) is 5.91 Å². The monoisotopic (exact) mass is 423 g/mol. The van der Waals surface area contributed by atoms with E-state index in [-0.39, 0.29) is 5.91 Å². The minimum Gasteiger partial charge on any atom is -0.358 e. The maximum absolute atomic E-state index is 13.1. The summed E-state index contributed by atoms with van der Waals surface area (Å²) in [5.74, 6) is -0.0283. The number of nitrogens with zero attached hydrogens (tertiary/aromatic N) is 2. The zero-order valence-electron chi connectivity index (χ0n) is 16.8. The van der Waals surface area contributed by atoms with Gasteiger partial charge >= 0.3 is 0 Å². The first kappa shape index (κ1) is 19.3. The second-order valence-corrected chi connectivity index (χ2v) is 10.00. The van der Waals surface area contributed by atoms with E-state index in [2.05, 4.69) is 4.98 Å². The number of fused-ring (bicyclic) bond motifs is 3. The van der Waals surface area contributed by atoms with Crippen LogP contribution >= 0.6 is 0 Å². The van der Waals surface area contributed by atoms with Gasteiger partial charge in [0, 0.05) is 48.3 Å². The van der Waals surface area contributed by atoms with Crippen molar-refractivity contribution < 1.29 is 13.2 Å². The van der Waals surface area contributed by atoms with Gasteiger partial charge in [0.15, 0.2) is 0 Å². The minimum atomic E-state index is -3.52. The molecule has 6 nitrogen and oxygen atoms in total. The molecule has 1 aromatic heterocycles. The zero-order chi connectivity index (χ0) is 20.7. The molecular weight excluding hydrogens is 398 g/mol. The topological polar surface area (TPSA) is 73.5 Å². The van der Waals surface area contributed by atoms with Crippen molar-refractivity contribution in [1.82, 2.24) is 14.2 Å². The Morgan fingerprint density at radius 1 is 0.900 bits per heavy atom. The van der Waals surface area contributed by atoms with Crippen LogP contribution in [0.25, 0.3) is 10.9 Å². The van der Waals surface area contributed by atoms with Gasteiger partial charge in [-0.2, -0.15) is 4.31 Å². The van der Waals surface area contributed by atoms with Gasteiger partial charge in [-0.25, -0.2) is 8.42 Å². The van der Waals surface area contributed by atoms with E-state index in [1.165, 1.54) is 28.4 Å². The van der Waals surface area contributed by atoms with Crippen LogP contribution in [0.15, 0.2) is 53.4 Å². The van der Waals surface area contributed by atoms with Crippen LogP contribution in [0.3, 0.4) is 0 Å². The third-order valence-corrected chi connectivity index (χ3v) is 8.16. The van der Waals surface area contributed by atoms with E-state index >= 15 is 0 Å². The molecule has 2 aliphatic rings. The number of aryl methyl sites for hydroxylation is 2. The van der Waals surface area contributed by atoms with Gasteiger partial charge in [-0.15, -0.1) is 0 Å². The molecular formula is C23H25N3O3S. The molecule has 1 N–H and O–H groups in total.